The lowest BCUT2D eigenvalue weighted by Crippen LogP contribution is -2.16. The van der Waals surface area contributed by atoms with E-state index in [1.807, 2.05) is 6.92 Å². The third kappa shape index (κ3) is 3.50. The average Bonchev–Trinajstić information content (AvgIpc) is 2.82. The van der Waals surface area contributed by atoms with Crippen LogP contribution in [0.2, 0.25) is 0 Å². The first-order chi connectivity index (χ1) is 11.7. The molecular formula is C17H13F3N4O. The number of anilines is 1. The topological polar surface area (TPSA) is 66.0 Å². The van der Waals surface area contributed by atoms with Crippen molar-refractivity contribution in [3.8, 4) is 17.6 Å². The predicted molar refractivity (Wildman–Crippen MR) is 86.8 cm³/mol. The van der Waals surface area contributed by atoms with Gasteiger partial charge in [0.1, 0.15) is 17.1 Å². The van der Waals surface area contributed by atoms with E-state index >= 15 is 0 Å². The summed E-state index contributed by atoms with van der Waals surface area (Å²) in [5, 5.41) is 4.68. The van der Waals surface area contributed by atoms with Gasteiger partial charge in [0.15, 0.2) is 0 Å². The maximum Gasteiger partial charge on any atom is 0.573 e. The van der Waals surface area contributed by atoms with Gasteiger partial charge in [-0.1, -0.05) is 0 Å². The molecule has 2 aromatic heterocycles. The van der Waals surface area contributed by atoms with Crippen LogP contribution >= 0.6 is 0 Å². The highest BCUT2D eigenvalue weighted by molar-refractivity contribution is 5.86. The van der Waals surface area contributed by atoms with Crippen molar-refractivity contribution in [2.45, 2.75) is 13.3 Å². The fourth-order valence-electron chi connectivity index (χ4n) is 2.31. The van der Waals surface area contributed by atoms with Crippen LogP contribution in [0.5, 0.6) is 5.75 Å². The lowest BCUT2D eigenvalue weighted by molar-refractivity contribution is -0.274. The zero-order valence-corrected chi connectivity index (χ0v) is 13.3. The standard InChI is InChI=1S/C17H13F3N4O/c1-10-7-8-22-14(16(10)21)5-6-15-12-9-11(25-17(18,19)20)3-4-13(12)23-24(15)2/h3-4,7-9H,21H2,1-2H3. The number of hydrogen-bond acceptors (Lipinski definition) is 4. The molecule has 2 N–H and O–H groups in total. The highest BCUT2D eigenvalue weighted by atomic mass is 19.4. The van der Waals surface area contributed by atoms with Crippen molar-refractivity contribution >= 4 is 16.6 Å². The van der Waals surface area contributed by atoms with Gasteiger partial charge in [0, 0.05) is 18.6 Å². The minimum absolute atomic E-state index is 0.329. The van der Waals surface area contributed by atoms with Crippen LogP contribution in [0.4, 0.5) is 18.9 Å². The number of aromatic nitrogens is 3. The molecular weight excluding hydrogens is 333 g/mol. The summed E-state index contributed by atoms with van der Waals surface area (Å²) in [6, 6.07) is 5.68. The van der Waals surface area contributed by atoms with Crippen LogP contribution in [0.15, 0.2) is 30.5 Å². The van der Waals surface area contributed by atoms with Crippen LogP contribution in [-0.4, -0.2) is 21.1 Å². The van der Waals surface area contributed by atoms with Crippen molar-refractivity contribution in [3.05, 3.63) is 47.4 Å². The van der Waals surface area contributed by atoms with E-state index in [1.54, 1.807) is 19.3 Å². The molecule has 0 saturated heterocycles. The number of hydrogen-bond donors (Lipinski definition) is 1. The number of nitrogens with zero attached hydrogens (tertiary/aromatic N) is 3. The Bertz CT molecular complexity index is 1010. The largest absolute Gasteiger partial charge is 0.573 e. The normalized spacial score (nSPS) is 11.2. The first kappa shape index (κ1) is 16.6. The molecule has 0 aliphatic heterocycles. The van der Waals surface area contributed by atoms with Gasteiger partial charge in [0.25, 0.3) is 0 Å². The Morgan fingerprint density at radius 3 is 2.68 bits per heavy atom. The zero-order valence-electron chi connectivity index (χ0n) is 13.3. The smallest absolute Gasteiger partial charge is 0.406 e. The van der Waals surface area contributed by atoms with Gasteiger partial charge in [-0.15, -0.1) is 13.2 Å². The monoisotopic (exact) mass is 346 g/mol. The summed E-state index contributed by atoms with van der Waals surface area (Å²) in [7, 11) is 1.65. The SMILES string of the molecule is Cc1ccnc(C#Cc2c3cc(OC(F)(F)F)ccc3nn2C)c1N. The molecule has 8 heteroatoms. The van der Waals surface area contributed by atoms with E-state index in [-0.39, 0.29) is 5.75 Å². The van der Waals surface area contributed by atoms with Crippen LogP contribution in [0.1, 0.15) is 17.0 Å². The third-order valence-electron chi connectivity index (χ3n) is 3.55. The third-order valence-corrected chi connectivity index (χ3v) is 3.55. The van der Waals surface area contributed by atoms with E-state index in [0.717, 1.165) is 5.56 Å². The fourth-order valence-corrected chi connectivity index (χ4v) is 2.31. The Morgan fingerprint density at radius 1 is 1.20 bits per heavy atom. The van der Waals surface area contributed by atoms with Gasteiger partial charge in [-0.05, 0) is 48.6 Å². The van der Waals surface area contributed by atoms with Gasteiger partial charge < -0.3 is 10.5 Å². The van der Waals surface area contributed by atoms with Crippen molar-refractivity contribution < 1.29 is 17.9 Å². The summed E-state index contributed by atoms with van der Waals surface area (Å²) < 4.78 is 42.7. The zero-order chi connectivity index (χ0) is 18.2. The molecule has 5 nitrogen and oxygen atoms in total. The lowest BCUT2D eigenvalue weighted by Gasteiger charge is -2.08. The van der Waals surface area contributed by atoms with Gasteiger partial charge in [0.2, 0.25) is 0 Å². The molecule has 0 amide bonds. The number of rotatable bonds is 1. The van der Waals surface area contributed by atoms with Crippen molar-refractivity contribution in [2.24, 2.45) is 7.05 Å². The van der Waals surface area contributed by atoms with Crippen molar-refractivity contribution in [1.82, 2.24) is 14.8 Å². The number of alkyl halides is 3. The van der Waals surface area contributed by atoms with Crippen LogP contribution in [0.3, 0.4) is 0 Å². The van der Waals surface area contributed by atoms with Gasteiger partial charge in [-0.25, -0.2) is 4.98 Å². The number of benzene rings is 1. The van der Waals surface area contributed by atoms with Crippen molar-refractivity contribution in [1.29, 1.82) is 0 Å². The van der Waals surface area contributed by atoms with Gasteiger partial charge in [-0.3, -0.25) is 4.68 Å². The Kier molecular flexibility index (Phi) is 4.00. The summed E-state index contributed by atoms with van der Waals surface area (Å²) in [6.07, 6.45) is -3.17. The molecule has 0 saturated carbocycles. The van der Waals surface area contributed by atoms with E-state index in [4.69, 9.17) is 5.73 Å². The molecule has 0 spiro atoms. The van der Waals surface area contributed by atoms with E-state index in [1.165, 1.54) is 22.9 Å². The lowest BCUT2D eigenvalue weighted by atomic mass is 10.1. The summed E-state index contributed by atoms with van der Waals surface area (Å²) in [6.45, 7) is 1.84. The number of nitrogen functional groups attached to an aromatic ring is 1. The molecule has 0 bridgehead atoms. The molecule has 0 radical (unpaired) electrons. The Hall–Kier alpha value is -3.21. The van der Waals surface area contributed by atoms with Crippen LogP contribution in [0.25, 0.3) is 10.9 Å². The molecule has 0 unspecified atom stereocenters. The number of fused-ring (bicyclic) bond motifs is 1. The van der Waals surface area contributed by atoms with Gasteiger partial charge >= 0.3 is 6.36 Å². The van der Waals surface area contributed by atoms with Crippen LogP contribution in [-0.2, 0) is 7.05 Å². The highest BCUT2D eigenvalue weighted by Crippen LogP contribution is 2.27. The maximum absolute atomic E-state index is 12.4. The molecule has 1 aromatic carbocycles. The van der Waals surface area contributed by atoms with Crippen LogP contribution < -0.4 is 10.5 Å². The first-order valence-corrected chi connectivity index (χ1v) is 7.20. The maximum atomic E-state index is 12.4. The van der Waals surface area contributed by atoms with Gasteiger partial charge in [0.05, 0.1) is 11.2 Å². The summed E-state index contributed by atoms with van der Waals surface area (Å²) in [4.78, 5) is 4.11. The van der Waals surface area contributed by atoms with E-state index in [9.17, 15) is 13.2 Å². The van der Waals surface area contributed by atoms with Crippen molar-refractivity contribution in [3.63, 3.8) is 0 Å². The molecule has 0 atom stereocenters. The summed E-state index contributed by atoms with van der Waals surface area (Å²) in [5.41, 5.74) is 8.58. The number of ether oxygens (including phenoxy) is 1. The van der Waals surface area contributed by atoms with Gasteiger partial charge in [-0.2, -0.15) is 5.10 Å². The first-order valence-electron chi connectivity index (χ1n) is 7.20. The minimum Gasteiger partial charge on any atom is -0.406 e. The molecule has 0 aliphatic rings. The molecule has 3 rings (SSSR count). The molecule has 0 aliphatic carbocycles. The second-order valence-corrected chi connectivity index (χ2v) is 5.34. The number of nitrogens with two attached hydrogens (primary N) is 1. The molecule has 128 valence electrons. The summed E-state index contributed by atoms with van der Waals surface area (Å²) in [5.74, 6) is 5.40. The van der Waals surface area contributed by atoms with E-state index in [2.05, 4.69) is 26.7 Å². The highest BCUT2D eigenvalue weighted by Gasteiger charge is 2.31. The quantitative estimate of drug-likeness (QED) is 0.688. The molecule has 2 heterocycles. The summed E-state index contributed by atoms with van der Waals surface area (Å²) >= 11 is 0. The number of pyridine rings is 1. The van der Waals surface area contributed by atoms with Crippen LogP contribution in [0, 0.1) is 18.8 Å². The Morgan fingerprint density at radius 2 is 1.96 bits per heavy atom. The number of aryl methyl sites for hydroxylation is 2. The second-order valence-electron chi connectivity index (χ2n) is 5.34. The Labute approximate surface area is 141 Å². The van der Waals surface area contributed by atoms with E-state index < -0.39 is 6.36 Å². The molecule has 0 fully saturated rings. The average molecular weight is 346 g/mol. The number of halogens is 3. The Balaban J connectivity index is 2.07. The van der Waals surface area contributed by atoms with Crippen molar-refractivity contribution in [2.75, 3.05) is 5.73 Å². The molecule has 25 heavy (non-hydrogen) atoms. The van der Waals surface area contributed by atoms with E-state index in [0.29, 0.717) is 28.0 Å². The predicted octanol–water partition coefficient (Wildman–Crippen LogP) is 3.16. The minimum atomic E-state index is -4.76. The molecule has 3 aromatic rings. The second kappa shape index (κ2) is 6.02. The fraction of sp³-hybridized carbons (Fsp3) is 0.176.